The highest BCUT2D eigenvalue weighted by Gasteiger charge is 2.13. The van der Waals surface area contributed by atoms with Gasteiger partial charge in [-0.3, -0.25) is 9.67 Å². The molecule has 1 aromatic carbocycles. The molecule has 0 fully saturated rings. The highest BCUT2D eigenvalue weighted by molar-refractivity contribution is 14.0. The zero-order valence-corrected chi connectivity index (χ0v) is 16.7. The molecule has 0 aliphatic rings. The second-order valence-corrected chi connectivity index (χ2v) is 6.89. The zero-order chi connectivity index (χ0) is 16.7. The Kier molecular flexibility index (Phi) is 8.11. The third-order valence-corrected chi connectivity index (χ3v) is 4.94. The predicted molar refractivity (Wildman–Crippen MR) is 103 cm³/mol. The van der Waals surface area contributed by atoms with Crippen LogP contribution in [0.1, 0.15) is 5.82 Å². The number of rotatable bonds is 6. The first-order chi connectivity index (χ1) is 11.0. The van der Waals surface area contributed by atoms with Crippen LogP contribution in [0.15, 0.2) is 46.5 Å². The summed E-state index contributed by atoms with van der Waals surface area (Å²) in [5.74, 6) is 1.25. The number of aromatic nitrogens is 3. The van der Waals surface area contributed by atoms with Crippen LogP contribution in [0.4, 0.5) is 0 Å². The van der Waals surface area contributed by atoms with Gasteiger partial charge in [-0.1, -0.05) is 18.2 Å². The van der Waals surface area contributed by atoms with Crippen LogP contribution in [0.2, 0.25) is 0 Å². The highest BCUT2D eigenvalue weighted by atomic mass is 127. The van der Waals surface area contributed by atoms with Crippen molar-refractivity contribution in [2.75, 3.05) is 19.3 Å². The molecule has 10 heteroatoms. The molecule has 0 spiro atoms. The van der Waals surface area contributed by atoms with Gasteiger partial charge in [-0.05, 0) is 12.1 Å². The van der Waals surface area contributed by atoms with Gasteiger partial charge in [0.2, 0.25) is 0 Å². The van der Waals surface area contributed by atoms with Crippen LogP contribution in [-0.4, -0.2) is 48.5 Å². The first kappa shape index (κ1) is 20.4. The van der Waals surface area contributed by atoms with Crippen LogP contribution in [0.25, 0.3) is 0 Å². The van der Waals surface area contributed by atoms with Gasteiger partial charge >= 0.3 is 0 Å². The molecule has 0 aliphatic carbocycles. The van der Waals surface area contributed by atoms with Crippen LogP contribution < -0.4 is 10.6 Å². The first-order valence-electron chi connectivity index (χ1n) is 7.08. The Hall–Kier alpha value is -1.69. The molecule has 1 heterocycles. The molecular weight excluding hydrogens is 443 g/mol. The van der Waals surface area contributed by atoms with Gasteiger partial charge in [0, 0.05) is 20.6 Å². The summed E-state index contributed by atoms with van der Waals surface area (Å²) in [6.07, 6.45) is 1.47. The van der Waals surface area contributed by atoms with Gasteiger partial charge < -0.3 is 10.6 Å². The molecule has 0 amide bonds. The summed E-state index contributed by atoms with van der Waals surface area (Å²) >= 11 is 0. The lowest BCUT2D eigenvalue weighted by molar-refractivity contribution is 0.594. The van der Waals surface area contributed by atoms with Crippen molar-refractivity contribution in [3.05, 3.63) is 42.5 Å². The van der Waals surface area contributed by atoms with E-state index in [1.54, 1.807) is 49.1 Å². The predicted octanol–water partition coefficient (Wildman–Crippen LogP) is 0.572. The van der Waals surface area contributed by atoms with E-state index in [2.05, 4.69) is 25.7 Å². The van der Waals surface area contributed by atoms with E-state index < -0.39 is 9.84 Å². The van der Waals surface area contributed by atoms with Crippen molar-refractivity contribution in [3.8, 4) is 0 Å². The van der Waals surface area contributed by atoms with E-state index in [0.29, 0.717) is 17.4 Å². The van der Waals surface area contributed by atoms with Crippen molar-refractivity contribution in [1.29, 1.82) is 0 Å². The Morgan fingerprint density at radius 3 is 2.54 bits per heavy atom. The summed E-state index contributed by atoms with van der Waals surface area (Å²) in [6, 6.07) is 8.39. The monoisotopic (exact) mass is 464 g/mol. The standard InChI is InChI=1S/C14H20N6O2S.HI/c1-15-14(17-10-13-18-11-19-20(13)2)16-8-9-23(21,22)12-6-4-3-5-7-12;/h3-7,11H,8-10H2,1-2H3,(H2,15,16,17);1H. The number of halogens is 1. The lowest BCUT2D eigenvalue weighted by atomic mass is 10.4. The van der Waals surface area contributed by atoms with Gasteiger partial charge in [0.25, 0.3) is 0 Å². The first-order valence-corrected chi connectivity index (χ1v) is 8.73. The number of guanidine groups is 1. The third kappa shape index (κ3) is 5.74. The summed E-state index contributed by atoms with van der Waals surface area (Å²) in [7, 11) is 0.120. The van der Waals surface area contributed by atoms with E-state index in [-0.39, 0.29) is 36.3 Å². The van der Waals surface area contributed by atoms with Crippen LogP contribution in [0.3, 0.4) is 0 Å². The molecule has 0 saturated carbocycles. The van der Waals surface area contributed by atoms with Crippen molar-refractivity contribution >= 4 is 39.8 Å². The number of hydrogen-bond donors (Lipinski definition) is 2. The number of sulfone groups is 1. The van der Waals surface area contributed by atoms with Gasteiger partial charge in [0.05, 0.1) is 17.2 Å². The molecule has 2 aromatic rings. The van der Waals surface area contributed by atoms with Gasteiger partial charge in [0.1, 0.15) is 12.2 Å². The number of aryl methyl sites for hydroxylation is 1. The summed E-state index contributed by atoms with van der Waals surface area (Å²) < 4.78 is 26.0. The number of hydrogen-bond acceptors (Lipinski definition) is 5. The SMILES string of the molecule is CN=C(NCCS(=O)(=O)c1ccccc1)NCc1ncnn1C.I. The Labute approximate surface area is 158 Å². The minimum Gasteiger partial charge on any atom is -0.355 e. The molecule has 0 bridgehead atoms. The summed E-state index contributed by atoms with van der Waals surface area (Å²) in [5.41, 5.74) is 0. The fraction of sp³-hybridized carbons (Fsp3) is 0.357. The molecule has 0 unspecified atom stereocenters. The molecule has 0 radical (unpaired) electrons. The molecule has 2 N–H and O–H groups in total. The van der Waals surface area contributed by atoms with Crippen LogP contribution >= 0.6 is 24.0 Å². The molecule has 0 atom stereocenters. The fourth-order valence-corrected chi connectivity index (χ4v) is 3.09. The number of nitrogens with one attached hydrogen (secondary N) is 2. The highest BCUT2D eigenvalue weighted by Crippen LogP contribution is 2.09. The summed E-state index contributed by atoms with van der Waals surface area (Å²) in [4.78, 5) is 8.47. The maximum absolute atomic E-state index is 12.2. The molecule has 132 valence electrons. The van der Waals surface area contributed by atoms with Crippen molar-refractivity contribution in [2.45, 2.75) is 11.4 Å². The maximum atomic E-state index is 12.2. The molecule has 0 aliphatic heterocycles. The van der Waals surface area contributed by atoms with Crippen molar-refractivity contribution in [3.63, 3.8) is 0 Å². The van der Waals surface area contributed by atoms with Crippen LogP contribution in [-0.2, 0) is 23.4 Å². The number of benzene rings is 1. The normalized spacial score (nSPS) is 11.7. The molecule has 24 heavy (non-hydrogen) atoms. The van der Waals surface area contributed by atoms with E-state index in [1.807, 2.05) is 0 Å². The second kappa shape index (κ2) is 9.57. The Morgan fingerprint density at radius 1 is 1.25 bits per heavy atom. The van der Waals surface area contributed by atoms with Crippen LogP contribution in [0.5, 0.6) is 0 Å². The molecule has 2 rings (SSSR count). The smallest absolute Gasteiger partial charge is 0.191 e. The van der Waals surface area contributed by atoms with E-state index >= 15 is 0 Å². The lowest BCUT2D eigenvalue weighted by Gasteiger charge is -2.11. The largest absolute Gasteiger partial charge is 0.355 e. The number of aliphatic imine (C=N–C) groups is 1. The van der Waals surface area contributed by atoms with E-state index in [4.69, 9.17) is 0 Å². The minimum absolute atomic E-state index is 0. The van der Waals surface area contributed by atoms with Crippen LogP contribution in [0, 0.1) is 0 Å². The Balaban J connectivity index is 0.00000288. The average Bonchev–Trinajstić information content (AvgIpc) is 2.96. The maximum Gasteiger partial charge on any atom is 0.191 e. The topological polar surface area (TPSA) is 101 Å². The average molecular weight is 464 g/mol. The zero-order valence-electron chi connectivity index (χ0n) is 13.5. The van der Waals surface area contributed by atoms with Gasteiger partial charge in [-0.25, -0.2) is 13.4 Å². The van der Waals surface area contributed by atoms with Gasteiger partial charge in [-0.15, -0.1) is 24.0 Å². The van der Waals surface area contributed by atoms with Gasteiger partial charge in [0.15, 0.2) is 15.8 Å². The third-order valence-electron chi connectivity index (χ3n) is 3.21. The lowest BCUT2D eigenvalue weighted by Crippen LogP contribution is -2.39. The fourth-order valence-electron chi connectivity index (χ4n) is 1.91. The van der Waals surface area contributed by atoms with E-state index in [1.165, 1.54) is 6.33 Å². The quantitative estimate of drug-likeness (QED) is 0.369. The Bertz CT molecular complexity index is 761. The summed E-state index contributed by atoms with van der Waals surface area (Å²) in [6.45, 7) is 0.706. The molecule has 1 aromatic heterocycles. The minimum atomic E-state index is -3.30. The van der Waals surface area contributed by atoms with E-state index in [0.717, 1.165) is 5.82 Å². The van der Waals surface area contributed by atoms with Crippen molar-refractivity contribution in [2.24, 2.45) is 12.0 Å². The van der Waals surface area contributed by atoms with Crippen molar-refractivity contribution < 1.29 is 8.42 Å². The molecule has 8 nitrogen and oxygen atoms in total. The second-order valence-electron chi connectivity index (χ2n) is 4.78. The molecule has 0 saturated heterocycles. The Morgan fingerprint density at radius 2 is 1.96 bits per heavy atom. The van der Waals surface area contributed by atoms with Crippen molar-refractivity contribution in [1.82, 2.24) is 25.4 Å². The van der Waals surface area contributed by atoms with E-state index in [9.17, 15) is 8.42 Å². The summed E-state index contributed by atoms with van der Waals surface area (Å²) in [5, 5.41) is 10.0. The van der Waals surface area contributed by atoms with Gasteiger partial charge in [-0.2, -0.15) is 5.10 Å². The number of nitrogens with zero attached hydrogens (tertiary/aromatic N) is 4. The molecular formula is C14H21IN6O2S.